The normalized spacial score (nSPS) is 20.4. The van der Waals surface area contributed by atoms with Gasteiger partial charge in [-0.15, -0.1) is 0 Å². The van der Waals surface area contributed by atoms with Gasteiger partial charge in [0.1, 0.15) is 0 Å². The minimum atomic E-state index is -3.68. The molecule has 1 aromatic rings. The number of hydrogen-bond acceptors (Lipinski definition) is 5. The molecule has 1 aliphatic rings. The number of hydrogen-bond donors (Lipinski definition) is 2. The van der Waals surface area contributed by atoms with E-state index >= 15 is 0 Å². The molecule has 1 aliphatic heterocycles. The fraction of sp³-hybridized carbons (Fsp3) is 0.500. The van der Waals surface area contributed by atoms with E-state index in [1.165, 1.54) is 13.1 Å². The molecule has 0 spiro atoms. The van der Waals surface area contributed by atoms with E-state index in [0.717, 1.165) is 0 Å². The number of nitrogens with one attached hydrogen (secondary N) is 2. The fourth-order valence-corrected chi connectivity index (χ4v) is 5.26. The lowest BCUT2D eigenvalue weighted by atomic mass is 10.1. The predicted molar refractivity (Wildman–Crippen MR) is 86.7 cm³/mol. The highest BCUT2D eigenvalue weighted by Crippen LogP contribution is 2.21. The fourth-order valence-electron chi connectivity index (χ4n) is 2.52. The molecule has 0 unspecified atom stereocenters. The van der Waals surface area contributed by atoms with Gasteiger partial charge in [0, 0.05) is 11.6 Å². The van der Waals surface area contributed by atoms with Crippen molar-refractivity contribution in [3.63, 3.8) is 0 Å². The number of carbonyl (C=O) groups is 1. The Labute approximate surface area is 136 Å². The van der Waals surface area contributed by atoms with Crippen LogP contribution < -0.4 is 10.0 Å². The molecule has 2 N–H and O–H groups in total. The molecule has 0 radical (unpaired) electrons. The molecule has 0 bridgehead atoms. The van der Waals surface area contributed by atoms with Gasteiger partial charge in [-0.25, -0.2) is 21.6 Å². The van der Waals surface area contributed by atoms with E-state index in [0.29, 0.717) is 17.5 Å². The highest BCUT2D eigenvalue weighted by molar-refractivity contribution is 7.91. The molecule has 7 nitrogen and oxygen atoms in total. The van der Waals surface area contributed by atoms with Gasteiger partial charge in [0.15, 0.2) is 9.84 Å². The predicted octanol–water partition coefficient (Wildman–Crippen LogP) is 0.128. The van der Waals surface area contributed by atoms with Crippen LogP contribution in [0, 0.1) is 13.8 Å². The summed E-state index contributed by atoms with van der Waals surface area (Å²) in [6.07, 6.45) is 0.376. The van der Waals surface area contributed by atoms with Crippen molar-refractivity contribution >= 4 is 25.8 Å². The van der Waals surface area contributed by atoms with E-state index in [2.05, 4.69) is 10.0 Å². The van der Waals surface area contributed by atoms with Crippen molar-refractivity contribution in [3.05, 3.63) is 28.8 Å². The molecule has 128 valence electrons. The maximum atomic E-state index is 12.3. The van der Waals surface area contributed by atoms with Crippen molar-refractivity contribution in [3.8, 4) is 0 Å². The first kappa shape index (κ1) is 17.9. The van der Waals surface area contributed by atoms with Gasteiger partial charge < -0.3 is 5.32 Å². The SMILES string of the molecule is CNS(=O)(=O)c1cc(C(=O)N[C@H]2CCS(=O)(=O)C2)cc(C)c1C. The monoisotopic (exact) mass is 360 g/mol. The minimum Gasteiger partial charge on any atom is -0.348 e. The first-order chi connectivity index (χ1) is 10.6. The van der Waals surface area contributed by atoms with Crippen LogP contribution in [0.25, 0.3) is 0 Å². The van der Waals surface area contributed by atoms with Gasteiger partial charge in [-0.1, -0.05) is 0 Å². The summed E-state index contributed by atoms with van der Waals surface area (Å²) in [5, 5.41) is 2.66. The van der Waals surface area contributed by atoms with E-state index in [-0.39, 0.29) is 22.0 Å². The van der Waals surface area contributed by atoms with E-state index < -0.39 is 31.8 Å². The number of aryl methyl sites for hydroxylation is 1. The van der Waals surface area contributed by atoms with Crippen LogP contribution in [0.15, 0.2) is 17.0 Å². The molecular formula is C14H20N2O5S2. The molecule has 1 aromatic carbocycles. The van der Waals surface area contributed by atoms with Crippen LogP contribution >= 0.6 is 0 Å². The lowest BCUT2D eigenvalue weighted by Gasteiger charge is -2.14. The van der Waals surface area contributed by atoms with Crippen LogP contribution in [0.5, 0.6) is 0 Å². The van der Waals surface area contributed by atoms with Gasteiger partial charge in [0.25, 0.3) is 5.91 Å². The lowest BCUT2D eigenvalue weighted by molar-refractivity contribution is 0.0941. The Hall–Kier alpha value is -1.45. The van der Waals surface area contributed by atoms with Crippen LogP contribution in [0.1, 0.15) is 27.9 Å². The van der Waals surface area contributed by atoms with E-state index in [1.54, 1.807) is 19.9 Å². The number of rotatable bonds is 4. The van der Waals surface area contributed by atoms with Crippen molar-refractivity contribution in [1.29, 1.82) is 0 Å². The molecule has 23 heavy (non-hydrogen) atoms. The Balaban J connectivity index is 2.32. The number of sulfonamides is 1. The third kappa shape index (κ3) is 3.91. The standard InChI is InChI=1S/C14H20N2O5S2/c1-9-6-11(7-13(10(9)2)23(20,21)15-3)14(17)16-12-4-5-22(18,19)8-12/h6-7,12,15H,4-5,8H2,1-3H3,(H,16,17)/t12-/m0/s1. The molecule has 1 amide bonds. The van der Waals surface area contributed by atoms with Crippen LogP contribution in [-0.4, -0.2) is 47.3 Å². The molecular weight excluding hydrogens is 340 g/mol. The lowest BCUT2D eigenvalue weighted by Crippen LogP contribution is -2.35. The van der Waals surface area contributed by atoms with Gasteiger partial charge in [-0.3, -0.25) is 4.79 Å². The molecule has 0 aromatic heterocycles. The molecule has 1 atom stereocenters. The van der Waals surface area contributed by atoms with E-state index in [1.807, 2.05) is 0 Å². The Morgan fingerprint density at radius 1 is 1.26 bits per heavy atom. The third-order valence-corrected chi connectivity index (χ3v) is 7.32. The highest BCUT2D eigenvalue weighted by Gasteiger charge is 2.29. The van der Waals surface area contributed by atoms with Crippen LogP contribution in [0.2, 0.25) is 0 Å². The van der Waals surface area contributed by atoms with Crippen LogP contribution in [0.4, 0.5) is 0 Å². The van der Waals surface area contributed by atoms with Crippen molar-refractivity contribution < 1.29 is 21.6 Å². The summed E-state index contributed by atoms with van der Waals surface area (Å²) >= 11 is 0. The minimum absolute atomic E-state index is 0.0455. The average Bonchev–Trinajstić information content (AvgIpc) is 2.80. The molecule has 1 fully saturated rings. The molecule has 2 rings (SSSR count). The largest absolute Gasteiger partial charge is 0.348 e. The van der Waals surface area contributed by atoms with Gasteiger partial charge in [-0.05, 0) is 50.6 Å². The maximum Gasteiger partial charge on any atom is 0.251 e. The summed E-state index contributed by atoms with van der Waals surface area (Å²) in [4.78, 5) is 12.4. The Morgan fingerprint density at radius 3 is 2.43 bits per heavy atom. The number of benzene rings is 1. The third-order valence-electron chi connectivity index (χ3n) is 4.01. The highest BCUT2D eigenvalue weighted by atomic mass is 32.2. The second-order valence-corrected chi connectivity index (χ2v) is 9.78. The Bertz CT molecular complexity index is 844. The zero-order valence-electron chi connectivity index (χ0n) is 13.2. The van der Waals surface area contributed by atoms with Crippen molar-refractivity contribution in [2.45, 2.75) is 31.2 Å². The molecule has 0 aliphatic carbocycles. The summed E-state index contributed by atoms with van der Waals surface area (Å²) in [6.45, 7) is 3.39. The first-order valence-electron chi connectivity index (χ1n) is 7.12. The summed E-state index contributed by atoms with van der Waals surface area (Å²) in [6, 6.07) is 2.48. The average molecular weight is 360 g/mol. The number of carbonyl (C=O) groups excluding carboxylic acids is 1. The second kappa shape index (κ2) is 6.21. The second-order valence-electron chi connectivity index (χ2n) is 5.70. The van der Waals surface area contributed by atoms with Gasteiger partial charge >= 0.3 is 0 Å². The zero-order valence-corrected chi connectivity index (χ0v) is 14.8. The quantitative estimate of drug-likeness (QED) is 0.793. The summed E-state index contributed by atoms with van der Waals surface area (Å²) in [5.41, 5.74) is 1.44. The molecule has 9 heteroatoms. The van der Waals surface area contributed by atoms with Crippen molar-refractivity contribution in [1.82, 2.24) is 10.0 Å². The van der Waals surface area contributed by atoms with E-state index in [9.17, 15) is 21.6 Å². The maximum absolute atomic E-state index is 12.3. The van der Waals surface area contributed by atoms with Gasteiger partial charge in [0.05, 0.1) is 16.4 Å². The topological polar surface area (TPSA) is 109 Å². The number of amides is 1. The zero-order chi connectivity index (χ0) is 17.4. The molecule has 0 saturated carbocycles. The molecule has 1 saturated heterocycles. The van der Waals surface area contributed by atoms with Crippen LogP contribution in [0.3, 0.4) is 0 Å². The summed E-state index contributed by atoms with van der Waals surface area (Å²) < 4.78 is 49.2. The Morgan fingerprint density at radius 2 is 1.91 bits per heavy atom. The van der Waals surface area contributed by atoms with Crippen molar-refractivity contribution in [2.24, 2.45) is 0 Å². The van der Waals surface area contributed by atoms with E-state index in [4.69, 9.17) is 0 Å². The van der Waals surface area contributed by atoms with Gasteiger partial charge in [-0.2, -0.15) is 0 Å². The first-order valence-corrected chi connectivity index (χ1v) is 10.4. The number of sulfone groups is 1. The smallest absolute Gasteiger partial charge is 0.251 e. The summed E-state index contributed by atoms with van der Waals surface area (Å²) in [5.74, 6) is -0.488. The van der Waals surface area contributed by atoms with Crippen molar-refractivity contribution in [2.75, 3.05) is 18.6 Å². The molecule has 1 heterocycles. The summed E-state index contributed by atoms with van der Waals surface area (Å²) in [7, 11) is -5.47. The Kier molecular flexibility index (Phi) is 4.84. The van der Waals surface area contributed by atoms with Crippen LogP contribution in [-0.2, 0) is 19.9 Å². The van der Waals surface area contributed by atoms with Gasteiger partial charge in [0.2, 0.25) is 10.0 Å².